The summed E-state index contributed by atoms with van der Waals surface area (Å²) in [6.45, 7) is 0. The van der Waals surface area contributed by atoms with E-state index in [1.807, 2.05) is 0 Å². The van der Waals surface area contributed by atoms with Crippen LogP contribution in [0.25, 0.3) is 44.2 Å². The molecule has 0 bridgehead atoms. The number of para-hydroxylation sites is 1. The van der Waals surface area contributed by atoms with Crippen molar-refractivity contribution >= 4 is 16.5 Å². The summed E-state index contributed by atoms with van der Waals surface area (Å²) >= 11 is 0. The lowest BCUT2D eigenvalue weighted by molar-refractivity contribution is 0.653. The fourth-order valence-corrected chi connectivity index (χ4v) is 7.24. The van der Waals surface area contributed by atoms with Gasteiger partial charge in [-0.3, -0.25) is 0 Å². The van der Waals surface area contributed by atoms with E-state index in [0.717, 1.165) is 17.8 Å². The van der Waals surface area contributed by atoms with E-state index in [0.29, 0.717) is 0 Å². The van der Waals surface area contributed by atoms with Crippen LogP contribution in [-0.4, -0.2) is 0 Å². The Labute approximate surface area is 277 Å². The molecule has 1 N–H and O–H groups in total. The second-order valence-corrected chi connectivity index (χ2v) is 12.2. The molecule has 0 amide bonds. The first-order chi connectivity index (χ1) is 23.3. The predicted molar refractivity (Wildman–Crippen MR) is 199 cm³/mol. The summed E-state index contributed by atoms with van der Waals surface area (Å²) < 4.78 is 0. The highest BCUT2D eigenvalue weighted by molar-refractivity contribution is 5.95. The van der Waals surface area contributed by atoms with Crippen molar-refractivity contribution in [3.8, 4) is 33.4 Å². The molecule has 1 heteroatoms. The van der Waals surface area contributed by atoms with E-state index in [9.17, 15) is 0 Å². The quantitative estimate of drug-likeness (QED) is 0.192. The minimum Gasteiger partial charge on any atom is -0.356 e. The Bertz CT molecular complexity index is 2210. The minimum absolute atomic E-state index is 0.468. The van der Waals surface area contributed by atoms with Crippen molar-refractivity contribution in [3.63, 3.8) is 0 Å². The molecule has 0 heterocycles. The molecular weight excluding hydrogens is 567 g/mol. The van der Waals surface area contributed by atoms with Gasteiger partial charge in [0.25, 0.3) is 0 Å². The van der Waals surface area contributed by atoms with Crippen molar-refractivity contribution in [1.82, 2.24) is 0 Å². The van der Waals surface area contributed by atoms with E-state index in [2.05, 4.69) is 199 Å². The highest BCUT2D eigenvalue weighted by Gasteiger charge is 2.39. The lowest BCUT2D eigenvalue weighted by Gasteiger charge is -2.39. The molecule has 0 aliphatic heterocycles. The predicted octanol–water partition coefficient (Wildman–Crippen LogP) is 12.1. The number of nitrogens with one attached hydrogen (secondary N) is 1. The molecule has 1 atom stereocenters. The van der Waals surface area contributed by atoms with Crippen molar-refractivity contribution in [2.75, 3.05) is 5.32 Å². The normalized spacial score (nSPS) is 15.7. The van der Waals surface area contributed by atoms with Gasteiger partial charge in [0.15, 0.2) is 0 Å². The zero-order chi connectivity index (χ0) is 31.5. The summed E-state index contributed by atoms with van der Waals surface area (Å²) in [4.78, 5) is 0. The molecule has 7 aromatic carbocycles. The number of hydrogen-bond donors (Lipinski definition) is 1. The van der Waals surface area contributed by atoms with Gasteiger partial charge in [-0.25, -0.2) is 0 Å². The van der Waals surface area contributed by atoms with E-state index in [1.54, 1.807) is 0 Å². The fourth-order valence-electron chi connectivity index (χ4n) is 7.24. The third-order valence-corrected chi connectivity index (χ3v) is 9.41. The lowest BCUT2D eigenvalue weighted by Crippen LogP contribution is -2.29. The summed E-state index contributed by atoms with van der Waals surface area (Å²) in [5.41, 5.74) is 11.7. The molecular formula is C46H35N. The van der Waals surface area contributed by atoms with Crippen molar-refractivity contribution in [3.05, 3.63) is 211 Å². The third-order valence-electron chi connectivity index (χ3n) is 9.41. The van der Waals surface area contributed by atoms with Crippen molar-refractivity contribution in [2.24, 2.45) is 0 Å². The van der Waals surface area contributed by atoms with Gasteiger partial charge in [-0.15, -0.1) is 0 Å². The Morgan fingerprint density at radius 1 is 0.468 bits per heavy atom. The van der Waals surface area contributed by atoms with E-state index in [-0.39, 0.29) is 0 Å². The molecule has 224 valence electrons. The van der Waals surface area contributed by atoms with Crippen LogP contribution >= 0.6 is 0 Å². The van der Waals surface area contributed by atoms with Gasteiger partial charge in [-0.05, 0) is 79.9 Å². The molecule has 0 saturated carbocycles. The number of rotatable bonds is 7. The van der Waals surface area contributed by atoms with E-state index in [4.69, 9.17) is 0 Å². The largest absolute Gasteiger partial charge is 0.356 e. The standard InChI is InChI=1S/C46H35N/c1-5-16-35(17-6-1)41-28-29-42(36-18-7-2-8-19-36)45(44(41)37-21-9-3-10-22-37)46(43-27-15-23-34-20-13-14-26-40(34)43)32-30-39(31-33-46)47-38-24-11-4-12-25-38/h1-32,47H,33H2. The summed E-state index contributed by atoms with van der Waals surface area (Å²) in [7, 11) is 0. The average Bonchev–Trinajstić information content (AvgIpc) is 3.16. The molecule has 0 fully saturated rings. The SMILES string of the molecule is C1=CC(c2c(-c3ccccc3)ccc(-c3ccccc3)c2-c2ccccc2)(c2cccc3ccccc23)CC=C1Nc1ccccc1. The molecule has 0 saturated heterocycles. The Morgan fingerprint density at radius 3 is 1.68 bits per heavy atom. The summed E-state index contributed by atoms with van der Waals surface area (Å²) in [6, 6.07) is 63.4. The summed E-state index contributed by atoms with van der Waals surface area (Å²) in [5.74, 6) is 0. The second kappa shape index (κ2) is 12.5. The highest BCUT2D eigenvalue weighted by Crippen LogP contribution is 2.52. The van der Waals surface area contributed by atoms with Gasteiger partial charge in [-0.2, -0.15) is 0 Å². The third kappa shape index (κ3) is 5.37. The van der Waals surface area contributed by atoms with Crippen LogP contribution in [0.15, 0.2) is 200 Å². The van der Waals surface area contributed by atoms with Gasteiger partial charge in [0.1, 0.15) is 0 Å². The van der Waals surface area contributed by atoms with Gasteiger partial charge in [0, 0.05) is 16.8 Å². The van der Waals surface area contributed by atoms with Gasteiger partial charge >= 0.3 is 0 Å². The first-order valence-corrected chi connectivity index (χ1v) is 16.3. The number of fused-ring (bicyclic) bond motifs is 1. The second-order valence-electron chi connectivity index (χ2n) is 12.2. The molecule has 1 aliphatic rings. The molecule has 8 rings (SSSR count). The molecule has 0 aromatic heterocycles. The van der Waals surface area contributed by atoms with Crippen LogP contribution in [0.2, 0.25) is 0 Å². The molecule has 47 heavy (non-hydrogen) atoms. The zero-order valence-corrected chi connectivity index (χ0v) is 26.2. The monoisotopic (exact) mass is 601 g/mol. The first kappa shape index (κ1) is 28.5. The minimum atomic E-state index is -0.468. The highest BCUT2D eigenvalue weighted by atomic mass is 14.9. The Kier molecular flexibility index (Phi) is 7.57. The number of hydrogen-bond acceptors (Lipinski definition) is 1. The van der Waals surface area contributed by atoms with Gasteiger partial charge < -0.3 is 5.32 Å². The van der Waals surface area contributed by atoms with Gasteiger partial charge in [0.05, 0.1) is 0 Å². The van der Waals surface area contributed by atoms with Gasteiger partial charge in [-0.1, -0.05) is 176 Å². The molecule has 1 aliphatic carbocycles. The van der Waals surface area contributed by atoms with Crippen LogP contribution in [0.5, 0.6) is 0 Å². The lowest BCUT2D eigenvalue weighted by atomic mass is 9.64. The van der Waals surface area contributed by atoms with E-state index < -0.39 is 5.41 Å². The Balaban J connectivity index is 1.47. The zero-order valence-electron chi connectivity index (χ0n) is 26.2. The maximum absolute atomic E-state index is 3.66. The molecule has 1 nitrogen and oxygen atoms in total. The Morgan fingerprint density at radius 2 is 1.02 bits per heavy atom. The molecule has 0 spiro atoms. The van der Waals surface area contributed by atoms with Crippen LogP contribution in [0.3, 0.4) is 0 Å². The van der Waals surface area contributed by atoms with Crippen LogP contribution in [-0.2, 0) is 5.41 Å². The Hall–Kier alpha value is -5.92. The van der Waals surface area contributed by atoms with Crippen LogP contribution in [0.4, 0.5) is 5.69 Å². The van der Waals surface area contributed by atoms with Gasteiger partial charge in [0.2, 0.25) is 0 Å². The fraction of sp³-hybridized carbons (Fsp3) is 0.0435. The summed E-state index contributed by atoms with van der Waals surface area (Å²) in [5, 5.41) is 6.18. The average molecular weight is 602 g/mol. The molecule has 7 aromatic rings. The summed E-state index contributed by atoms with van der Waals surface area (Å²) in [6.07, 6.45) is 7.93. The number of allylic oxidation sites excluding steroid dienone is 3. The van der Waals surface area contributed by atoms with Crippen LogP contribution < -0.4 is 5.32 Å². The van der Waals surface area contributed by atoms with Crippen LogP contribution in [0, 0.1) is 0 Å². The first-order valence-electron chi connectivity index (χ1n) is 16.3. The van der Waals surface area contributed by atoms with Crippen molar-refractivity contribution in [1.29, 1.82) is 0 Å². The van der Waals surface area contributed by atoms with Crippen LogP contribution in [0.1, 0.15) is 17.5 Å². The topological polar surface area (TPSA) is 12.0 Å². The molecule has 1 unspecified atom stereocenters. The van der Waals surface area contributed by atoms with Crippen molar-refractivity contribution < 1.29 is 0 Å². The maximum Gasteiger partial charge on any atom is 0.0439 e. The van der Waals surface area contributed by atoms with E-state index in [1.165, 1.54) is 55.3 Å². The number of anilines is 1. The molecule has 0 radical (unpaired) electrons. The number of benzene rings is 7. The smallest absolute Gasteiger partial charge is 0.0439 e. The maximum atomic E-state index is 3.66. The van der Waals surface area contributed by atoms with E-state index >= 15 is 0 Å². The van der Waals surface area contributed by atoms with Crippen molar-refractivity contribution in [2.45, 2.75) is 11.8 Å².